The number of ether oxygens (including phenoxy) is 1. The Kier molecular flexibility index (Phi) is 6.11. The number of esters is 1. The van der Waals surface area contributed by atoms with E-state index in [0.29, 0.717) is 26.3 Å². The molecule has 2 aromatic carbocycles. The molecule has 0 radical (unpaired) electrons. The zero-order valence-corrected chi connectivity index (χ0v) is 17.3. The second-order valence-corrected chi connectivity index (χ2v) is 7.82. The number of amides is 1. The summed E-state index contributed by atoms with van der Waals surface area (Å²) >= 11 is 7.23. The van der Waals surface area contributed by atoms with Crippen molar-refractivity contribution in [2.75, 3.05) is 11.9 Å². The zero-order valence-electron chi connectivity index (χ0n) is 15.7. The first kappa shape index (κ1) is 20.0. The number of carbonyl (C=O) groups excluding carboxylic acids is 2. The van der Waals surface area contributed by atoms with Crippen molar-refractivity contribution < 1.29 is 14.3 Å². The van der Waals surface area contributed by atoms with Gasteiger partial charge in [-0.1, -0.05) is 41.4 Å². The summed E-state index contributed by atoms with van der Waals surface area (Å²) in [4.78, 5) is 29.3. The molecule has 5 nitrogen and oxygen atoms in total. The first-order chi connectivity index (χ1) is 13.3. The number of aromatic nitrogens is 1. The van der Waals surface area contributed by atoms with Crippen LogP contribution in [0.1, 0.15) is 26.5 Å². The highest BCUT2D eigenvalue weighted by Crippen LogP contribution is 2.30. The highest BCUT2D eigenvalue weighted by Gasteiger charge is 2.19. The Labute approximate surface area is 172 Å². The fourth-order valence-corrected chi connectivity index (χ4v) is 3.81. The van der Waals surface area contributed by atoms with Gasteiger partial charge in [0.2, 0.25) is 0 Å². The molecule has 7 heteroatoms. The third kappa shape index (κ3) is 4.77. The highest BCUT2D eigenvalue weighted by atomic mass is 35.5. The minimum absolute atomic E-state index is 0.365. The van der Waals surface area contributed by atoms with Gasteiger partial charge in [0.25, 0.3) is 5.91 Å². The lowest BCUT2D eigenvalue weighted by atomic mass is 10.1. The molecule has 0 aliphatic heterocycles. The molecule has 0 saturated heterocycles. The van der Waals surface area contributed by atoms with Crippen LogP contribution in [-0.4, -0.2) is 23.5 Å². The van der Waals surface area contributed by atoms with Gasteiger partial charge in [0.1, 0.15) is 9.88 Å². The van der Waals surface area contributed by atoms with Crippen molar-refractivity contribution in [1.29, 1.82) is 0 Å². The molecule has 1 amide bonds. The van der Waals surface area contributed by atoms with Gasteiger partial charge in [-0.3, -0.25) is 4.79 Å². The summed E-state index contributed by atoms with van der Waals surface area (Å²) in [7, 11) is 0. The molecule has 0 fully saturated rings. The fourth-order valence-electron chi connectivity index (χ4n) is 2.67. The normalized spacial score (nSPS) is 10.6. The van der Waals surface area contributed by atoms with Crippen LogP contribution in [0.2, 0.25) is 5.02 Å². The van der Waals surface area contributed by atoms with E-state index in [1.54, 1.807) is 19.1 Å². The van der Waals surface area contributed by atoms with E-state index in [4.69, 9.17) is 16.3 Å². The monoisotopic (exact) mass is 414 g/mol. The smallest absolute Gasteiger partial charge is 0.350 e. The van der Waals surface area contributed by atoms with Gasteiger partial charge in [-0.25, -0.2) is 9.78 Å². The summed E-state index contributed by atoms with van der Waals surface area (Å²) in [5, 5.41) is 4.02. The summed E-state index contributed by atoms with van der Waals surface area (Å²) < 4.78 is 5.17. The van der Waals surface area contributed by atoms with E-state index in [1.807, 2.05) is 44.2 Å². The van der Waals surface area contributed by atoms with E-state index >= 15 is 0 Å². The van der Waals surface area contributed by atoms with E-state index in [0.717, 1.165) is 16.7 Å². The number of halogens is 1. The molecule has 0 aliphatic rings. The van der Waals surface area contributed by atoms with Crippen LogP contribution < -0.4 is 5.32 Å². The number of nitrogens with one attached hydrogen (secondary N) is 1. The first-order valence-electron chi connectivity index (χ1n) is 8.61. The maximum atomic E-state index is 12.4. The molecule has 3 aromatic rings. The zero-order chi connectivity index (χ0) is 20.3. The van der Waals surface area contributed by atoms with Crippen LogP contribution in [0.4, 0.5) is 5.69 Å². The summed E-state index contributed by atoms with van der Waals surface area (Å²) in [6.45, 7) is 5.26. The van der Waals surface area contributed by atoms with Crippen molar-refractivity contribution in [3.8, 4) is 10.6 Å². The molecular weight excluding hydrogens is 396 g/mol. The van der Waals surface area contributed by atoms with Gasteiger partial charge in [0, 0.05) is 16.3 Å². The van der Waals surface area contributed by atoms with Crippen LogP contribution in [-0.2, 0) is 9.53 Å². The Balaban J connectivity index is 1.64. The second-order valence-electron chi connectivity index (χ2n) is 6.39. The molecule has 1 N–H and O–H groups in total. The fraction of sp³-hybridized carbons (Fsp3) is 0.190. The predicted molar refractivity (Wildman–Crippen MR) is 112 cm³/mol. The van der Waals surface area contributed by atoms with Gasteiger partial charge in [0.15, 0.2) is 6.61 Å². The maximum Gasteiger partial charge on any atom is 0.350 e. The van der Waals surface area contributed by atoms with Crippen LogP contribution in [0.3, 0.4) is 0 Å². The van der Waals surface area contributed by atoms with E-state index in [9.17, 15) is 9.59 Å². The van der Waals surface area contributed by atoms with Gasteiger partial charge in [0.05, 0.1) is 5.69 Å². The average molecular weight is 415 g/mol. The number of nitrogens with zero attached hydrogens (tertiary/aromatic N) is 1. The van der Waals surface area contributed by atoms with E-state index in [2.05, 4.69) is 10.3 Å². The molecule has 0 unspecified atom stereocenters. The molecule has 1 heterocycles. The van der Waals surface area contributed by atoms with Crippen molar-refractivity contribution >= 4 is 40.5 Å². The Morgan fingerprint density at radius 3 is 2.64 bits per heavy atom. The van der Waals surface area contributed by atoms with Crippen molar-refractivity contribution in [3.05, 3.63) is 69.2 Å². The summed E-state index contributed by atoms with van der Waals surface area (Å²) in [6, 6.07) is 13.0. The standard InChI is InChI=1S/C21H19ClN2O3S/c1-12-7-8-17(13(2)9-12)24-18(25)11-27-21(26)19-14(3)23-20(28-19)15-5-4-6-16(22)10-15/h4-10H,11H2,1-3H3,(H,24,25). The molecule has 0 saturated carbocycles. The van der Waals surface area contributed by atoms with Gasteiger partial charge in [-0.15, -0.1) is 11.3 Å². The third-order valence-corrected chi connectivity index (χ3v) is 5.47. The van der Waals surface area contributed by atoms with Crippen molar-refractivity contribution in [3.63, 3.8) is 0 Å². The number of benzene rings is 2. The minimum atomic E-state index is -0.570. The minimum Gasteiger partial charge on any atom is -0.451 e. The number of thiazole rings is 1. The van der Waals surface area contributed by atoms with Crippen LogP contribution in [0, 0.1) is 20.8 Å². The Hall–Kier alpha value is -2.70. The quantitative estimate of drug-likeness (QED) is 0.584. The number of carbonyl (C=O) groups is 2. The summed E-state index contributed by atoms with van der Waals surface area (Å²) in [5.41, 5.74) is 4.14. The van der Waals surface area contributed by atoms with Crippen LogP contribution in [0.5, 0.6) is 0 Å². The second kappa shape index (κ2) is 8.54. The van der Waals surface area contributed by atoms with Crippen molar-refractivity contribution in [2.45, 2.75) is 20.8 Å². The molecule has 1 aromatic heterocycles. The van der Waals surface area contributed by atoms with E-state index < -0.39 is 11.9 Å². The Morgan fingerprint density at radius 2 is 1.93 bits per heavy atom. The van der Waals surface area contributed by atoms with Gasteiger partial charge < -0.3 is 10.1 Å². The molecule has 0 spiro atoms. The molecule has 0 bridgehead atoms. The highest BCUT2D eigenvalue weighted by molar-refractivity contribution is 7.17. The summed E-state index contributed by atoms with van der Waals surface area (Å²) in [5.74, 6) is -0.961. The third-order valence-electron chi connectivity index (χ3n) is 4.04. The summed E-state index contributed by atoms with van der Waals surface area (Å²) in [6.07, 6.45) is 0. The maximum absolute atomic E-state index is 12.4. The number of anilines is 1. The molecule has 0 aliphatic carbocycles. The number of hydrogen-bond donors (Lipinski definition) is 1. The molecule has 28 heavy (non-hydrogen) atoms. The van der Waals surface area contributed by atoms with Crippen LogP contribution >= 0.6 is 22.9 Å². The van der Waals surface area contributed by atoms with E-state index in [1.165, 1.54) is 11.3 Å². The first-order valence-corrected chi connectivity index (χ1v) is 9.80. The lowest BCUT2D eigenvalue weighted by Crippen LogP contribution is -2.21. The molecule has 3 rings (SSSR count). The average Bonchev–Trinajstić information content (AvgIpc) is 3.04. The van der Waals surface area contributed by atoms with Gasteiger partial charge >= 0.3 is 5.97 Å². The lowest BCUT2D eigenvalue weighted by Gasteiger charge is -2.09. The number of aryl methyl sites for hydroxylation is 3. The topological polar surface area (TPSA) is 68.3 Å². The Morgan fingerprint density at radius 1 is 1.14 bits per heavy atom. The lowest BCUT2D eigenvalue weighted by molar-refractivity contribution is -0.119. The van der Waals surface area contributed by atoms with Crippen LogP contribution in [0.25, 0.3) is 10.6 Å². The number of rotatable bonds is 5. The van der Waals surface area contributed by atoms with Gasteiger partial charge in [-0.2, -0.15) is 0 Å². The molecule has 144 valence electrons. The molecule has 0 atom stereocenters. The Bertz CT molecular complexity index is 1050. The van der Waals surface area contributed by atoms with Crippen molar-refractivity contribution in [1.82, 2.24) is 4.98 Å². The van der Waals surface area contributed by atoms with E-state index in [-0.39, 0.29) is 6.61 Å². The van der Waals surface area contributed by atoms with Gasteiger partial charge in [-0.05, 0) is 44.5 Å². The largest absolute Gasteiger partial charge is 0.451 e. The van der Waals surface area contributed by atoms with Crippen molar-refractivity contribution in [2.24, 2.45) is 0 Å². The number of hydrogen-bond acceptors (Lipinski definition) is 5. The molecular formula is C21H19ClN2O3S. The van der Waals surface area contributed by atoms with Crippen LogP contribution in [0.15, 0.2) is 42.5 Å². The SMILES string of the molecule is Cc1ccc(NC(=O)COC(=O)c2sc(-c3cccc(Cl)c3)nc2C)c(C)c1. The predicted octanol–water partition coefficient (Wildman–Crippen LogP) is 5.18.